The molecule has 0 spiro atoms. The van der Waals surface area contributed by atoms with Gasteiger partial charge in [-0.15, -0.1) is 0 Å². The van der Waals surface area contributed by atoms with Crippen molar-refractivity contribution < 1.29 is 0 Å². The Labute approximate surface area is 91.3 Å². The maximum absolute atomic E-state index is 4.47. The lowest BCUT2D eigenvalue weighted by molar-refractivity contribution is 0.494. The molecular formula is C12H19N3. The van der Waals surface area contributed by atoms with Gasteiger partial charge >= 0.3 is 0 Å². The molecule has 1 aliphatic rings. The summed E-state index contributed by atoms with van der Waals surface area (Å²) < 4.78 is 0. The zero-order valence-electron chi connectivity index (χ0n) is 9.53. The second-order valence-electron chi connectivity index (χ2n) is 4.39. The van der Waals surface area contributed by atoms with Crippen LogP contribution in [0.5, 0.6) is 0 Å². The zero-order valence-corrected chi connectivity index (χ0v) is 9.53. The van der Waals surface area contributed by atoms with Crippen LogP contribution < -0.4 is 5.32 Å². The molecule has 3 nitrogen and oxygen atoms in total. The van der Waals surface area contributed by atoms with Gasteiger partial charge in [-0.25, -0.2) is 9.97 Å². The molecule has 1 heterocycles. The monoisotopic (exact) mass is 205 g/mol. The molecule has 1 aromatic rings. The molecule has 1 atom stereocenters. The van der Waals surface area contributed by atoms with Gasteiger partial charge in [-0.3, -0.25) is 0 Å². The number of aryl methyl sites for hydroxylation is 1. The third kappa shape index (κ3) is 2.99. The Hall–Kier alpha value is -0.960. The van der Waals surface area contributed by atoms with Crippen LogP contribution >= 0.6 is 0 Å². The van der Waals surface area contributed by atoms with Crippen LogP contribution in [0.4, 0.5) is 0 Å². The summed E-state index contributed by atoms with van der Waals surface area (Å²) in [6, 6.07) is 2.41. The maximum Gasteiger partial charge on any atom is 0.125 e. The normalized spacial score (nSPS) is 17.7. The standard InChI is InChI=1S/C12H19N3/c1-9-14-8-7-12(15-9)11(13-2)6-5-10-3-4-10/h7-8,10-11,13H,3-6H2,1-2H3. The maximum atomic E-state index is 4.47. The Balaban J connectivity index is 1.97. The molecule has 0 aromatic carbocycles. The quantitative estimate of drug-likeness (QED) is 0.801. The average molecular weight is 205 g/mol. The molecule has 0 radical (unpaired) electrons. The molecule has 0 aliphatic heterocycles. The van der Waals surface area contributed by atoms with Crippen molar-refractivity contribution in [1.29, 1.82) is 0 Å². The van der Waals surface area contributed by atoms with E-state index in [1.165, 1.54) is 25.7 Å². The van der Waals surface area contributed by atoms with E-state index in [4.69, 9.17) is 0 Å². The van der Waals surface area contributed by atoms with Crippen LogP contribution in [0.2, 0.25) is 0 Å². The van der Waals surface area contributed by atoms with Crippen LogP contribution in [0.25, 0.3) is 0 Å². The molecule has 2 rings (SSSR count). The van der Waals surface area contributed by atoms with E-state index in [0.29, 0.717) is 6.04 Å². The lowest BCUT2D eigenvalue weighted by atomic mass is 10.1. The molecule has 82 valence electrons. The average Bonchev–Trinajstić information content (AvgIpc) is 3.03. The Morgan fingerprint density at radius 2 is 2.33 bits per heavy atom. The minimum Gasteiger partial charge on any atom is -0.312 e. The first-order valence-electron chi connectivity index (χ1n) is 5.76. The van der Waals surface area contributed by atoms with Gasteiger partial charge < -0.3 is 5.32 Å². The third-order valence-corrected chi connectivity index (χ3v) is 3.06. The Morgan fingerprint density at radius 1 is 1.53 bits per heavy atom. The zero-order chi connectivity index (χ0) is 10.7. The summed E-state index contributed by atoms with van der Waals surface area (Å²) in [5, 5.41) is 3.34. The molecule has 1 aliphatic carbocycles. The minimum absolute atomic E-state index is 0.396. The van der Waals surface area contributed by atoms with Gasteiger partial charge in [0.15, 0.2) is 0 Å². The first-order valence-corrected chi connectivity index (χ1v) is 5.76. The van der Waals surface area contributed by atoms with E-state index < -0.39 is 0 Å². The lowest BCUT2D eigenvalue weighted by Crippen LogP contribution is -2.18. The molecule has 1 fully saturated rings. The number of rotatable bonds is 5. The second-order valence-corrected chi connectivity index (χ2v) is 4.39. The summed E-state index contributed by atoms with van der Waals surface area (Å²) in [5.74, 6) is 1.85. The van der Waals surface area contributed by atoms with Gasteiger partial charge in [0.05, 0.1) is 5.69 Å². The predicted octanol–water partition coefficient (Wildman–Crippen LogP) is 2.24. The second kappa shape index (κ2) is 4.71. The highest BCUT2D eigenvalue weighted by molar-refractivity contribution is 5.07. The topological polar surface area (TPSA) is 37.8 Å². The van der Waals surface area contributed by atoms with E-state index in [2.05, 4.69) is 15.3 Å². The predicted molar refractivity (Wildman–Crippen MR) is 60.5 cm³/mol. The van der Waals surface area contributed by atoms with Crippen molar-refractivity contribution in [1.82, 2.24) is 15.3 Å². The fourth-order valence-electron chi connectivity index (χ4n) is 1.92. The van der Waals surface area contributed by atoms with Crippen molar-refractivity contribution in [2.75, 3.05) is 7.05 Å². The fraction of sp³-hybridized carbons (Fsp3) is 0.667. The van der Waals surface area contributed by atoms with Crippen molar-refractivity contribution in [3.05, 3.63) is 23.8 Å². The first-order chi connectivity index (χ1) is 7.29. The van der Waals surface area contributed by atoms with E-state index in [1.807, 2.05) is 26.2 Å². The summed E-state index contributed by atoms with van der Waals surface area (Å²) in [5.41, 5.74) is 1.13. The van der Waals surface area contributed by atoms with E-state index >= 15 is 0 Å². The molecule has 0 saturated heterocycles. The van der Waals surface area contributed by atoms with Crippen molar-refractivity contribution >= 4 is 0 Å². The summed E-state index contributed by atoms with van der Waals surface area (Å²) in [6.07, 6.45) is 7.23. The number of nitrogens with zero attached hydrogens (tertiary/aromatic N) is 2. The molecule has 3 heteroatoms. The van der Waals surface area contributed by atoms with E-state index in [1.54, 1.807) is 0 Å². The summed E-state index contributed by atoms with van der Waals surface area (Å²) in [4.78, 5) is 8.59. The minimum atomic E-state index is 0.396. The van der Waals surface area contributed by atoms with Gasteiger partial charge in [-0.1, -0.05) is 12.8 Å². The first kappa shape index (κ1) is 10.6. The molecule has 1 aromatic heterocycles. The molecular weight excluding hydrogens is 186 g/mol. The van der Waals surface area contributed by atoms with Crippen molar-refractivity contribution in [2.45, 2.75) is 38.6 Å². The Morgan fingerprint density at radius 3 is 2.93 bits per heavy atom. The van der Waals surface area contributed by atoms with E-state index in [9.17, 15) is 0 Å². The summed E-state index contributed by atoms with van der Waals surface area (Å²) in [6.45, 7) is 1.94. The van der Waals surface area contributed by atoms with Crippen LogP contribution in [-0.2, 0) is 0 Å². The Kier molecular flexibility index (Phi) is 3.31. The highest BCUT2D eigenvalue weighted by Crippen LogP contribution is 2.35. The van der Waals surface area contributed by atoms with Crippen molar-refractivity contribution in [3.63, 3.8) is 0 Å². The number of nitrogens with one attached hydrogen (secondary N) is 1. The van der Waals surface area contributed by atoms with Crippen LogP contribution in [0.1, 0.15) is 43.2 Å². The van der Waals surface area contributed by atoms with Gasteiger partial charge in [0.25, 0.3) is 0 Å². The largest absolute Gasteiger partial charge is 0.312 e. The molecule has 0 amide bonds. The molecule has 1 N–H and O–H groups in total. The Bertz CT molecular complexity index is 320. The number of hydrogen-bond donors (Lipinski definition) is 1. The summed E-state index contributed by atoms with van der Waals surface area (Å²) >= 11 is 0. The molecule has 0 bridgehead atoms. The lowest BCUT2D eigenvalue weighted by Gasteiger charge is -2.15. The van der Waals surface area contributed by atoms with E-state index in [-0.39, 0.29) is 0 Å². The number of aromatic nitrogens is 2. The molecule has 1 saturated carbocycles. The van der Waals surface area contributed by atoms with Gasteiger partial charge in [0.1, 0.15) is 5.82 Å². The van der Waals surface area contributed by atoms with Crippen LogP contribution in [0.3, 0.4) is 0 Å². The van der Waals surface area contributed by atoms with Crippen LogP contribution in [0, 0.1) is 12.8 Å². The highest BCUT2D eigenvalue weighted by Gasteiger charge is 2.22. The van der Waals surface area contributed by atoms with Gasteiger partial charge in [0, 0.05) is 12.2 Å². The van der Waals surface area contributed by atoms with Crippen LogP contribution in [0.15, 0.2) is 12.3 Å². The van der Waals surface area contributed by atoms with Crippen molar-refractivity contribution in [2.24, 2.45) is 5.92 Å². The van der Waals surface area contributed by atoms with E-state index in [0.717, 1.165) is 17.4 Å². The molecule has 15 heavy (non-hydrogen) atoms. The number of hydrogen-bond acceptors (Lipinski definition) is 3. The molecule has 1 unspecified atom stereocenters. The fourth-order valence-corrected chi connectivity index (χ4v) is 1.92. The SMILES string of the molecule is CNC(CCC1CC1)c1ccnc(C)n1. The summed E-state index contributed by atoms with van der Waals surface area (Å²) in [7, 11) is 2.01. The highest BCUT2D eigenvalue weighted by atomic mass is 14.9. The smallest absolute Gasteiger partial charge is 0.125 e. The van der Waals surface area contributed by atoms with Gasteiger partial charge in [0.2, 0.25) is 0 Å². The van der Waals surface area contributed by atoms with Crippen LogP contribution in [-0.4, -0.2) is 17.0 Å². The van der Waals surface area contributed by atoms with Gasteiger partial charge in [-0.2, -0.15) is 0 Å². The van der Waals surface area contributed by atoms with Gasteiger partial charge in [-0.05, 0) is 38.8 Å². The third-order valence-electron chi connectivity index (χ3n) is 3.06. The van der Waals surface area contributed by atoms with Crippen molar-refractivity contribution in [3.8, 4) is 0 Å².